The third-order valence-corrected chi connectivity index (χ3v) is 3.89. The SMILES string of the molecule is O=C(O)c1ccccc1SCc1cn2cccnc2n1. The Hall–Kier alpha value is -2.34. The second-order valence-electron chi connectivity index (χ2n) is 4.15. The first-order chi connectivity index (χ1) is 9.74. The summed E-state index contributed by atoms with van der Waals surface area (Å²) in [6.07, 6.45) is 5.48. The number of aromatic carboxylic acids is 1. The van der Waals surface area contributed by atoms with E-state index in [0.717, 1.165) is 10.6 Å². The molecule has 0 spiro atoms. The summed E-state index contributed by atoms with van der Waals surface area (Å²) in [6, 6.07) is 8.81. The van der Waals surface area contributed by atoms with Gasteiger partial charge in [-0.2, -0.15) is 0 Å². The molecule has 0 radical (unpaired) electrons. The zero-order chi connectivity index (χ0) is 13.9. The van der Waals surface area contributed by atoms with Crippen LogP contribution < -0.4 is 0 Å². The molecule has 3 aromatic rings. The van der Waals surface area contributed by atoms with E-state index in [1.165, 1.54) is 11.8 Å². The van der Waals surface area contributed by atoms with Gasteiger partial charge in [-0.15, -0.1) is 11.8 Å². The molecule has 1 N–H and O–H groups in total. The molecular formula is C14H11N3O2S. The lowest BCUT2D eigenvalue weighted by Crippen LogP contribution is -1.98. The van der Waals surface area contributed by atoms with Crippen LogP contribution in [0.25, 0.3) is 5.78 Å². The zero-order valence-electron chi connectivity index (χ0n) is 10.4. The Bertz CT molecular complexity index is 737. The minimum Gasteiger partial charge on any atom is -0.478 e. The van der Waals surface area contributed by atoms with Crippen LogP contribution in [0.1, 0.15) is 16.1 Å². The van der Waals surface area contributed by atoms with Gasteiger partial charge < -0.3 is 5.11 Å². The van der Waals surface area contributed by atoms with Gasteiger partial charge in [0.25, 0.3) is 0 Å². The Kier molecular flexibility index (Phi) is 3.39. The van der Waals surface area contributed by atoms with Crippen molar-refractivity contribution in [3.8, 4) is 0 Å². The second-order valence-corrected chi connectivity index (χ2v) is 5.17. The standard InChI is InChI=1S/C14H11N3O2S/c18-13(19)11-4-1-2-5-12(11)20-9-10-8-17-7-3-6-15-14(17)16-10/h1-8H,9H2,(H,18,19). The lowest BCUT2D eigenvalue weighted by Gasteiger charge is -2.03. The highest BCUT2D eigenvalue weighted by atomic mass is 32.2. The highest BCUT2D eigenvalue weighted by molar-refractivity contribution is 7.98. The van der Waals surface area contributed by atoms with Gasteiger partial charge in [-0.1, -0.05) is 12.1 Å². The zero-order valence-corrected chi connectivity index (χ0v) is 11.2. The smallest absolute Gasteiger partial charge is 0.336 e. The maximum absolute atomic E-state index is 11.1. The molecule has 0 aliphatic rings. The fraction of sp³-hybridized carbons (Fsp3) is 0.0714. The maximum Gasteiger partial charge on any atom is 0.336 e. The molecule has 2 aromatic heterocycles. The van der Waals surface area contributed by atoms with Crippen LogP contribution in [0.2, 0.25) is 0 Å². The number of nitrogens with zero attached hydrogens (tertiary/aromatic N) is 3. The minimum atomic E-state index is -0.912. The lowest BCUT2D eigenvalue weighted by molar-refractivity contribution is 0.0693. The minimum absolute atomic E-state index is 0.319. The van der Waals surface area contributed by atoms with E-state index >= 15 is 0 Å². The number of hydrogen-bond acceptors (Lipinski definition) is 4. The van der Waals surface area contributed by atoms with Crippen molar-refractivity contribution in [3.63, 3.8) is 0 Å². The summed E-state index contributed by atoms with van der Waals surface area (Å²) in [4.78, 5) is 20.4. The molecule has 0 unspecified atom stereocenters. The largest absolute Gasteiger partial charge is 0.478 e. The van der Waals surface area contributed by atoms with E-state index in [1.54, 1.807) is 18.3 Å². The van der Waals surface area contributed by atoms with Crippen LogP contribution in [-0.4, -0.2) is 25.4 Å². The first-order valence-electron chi connectivity index (χ1n) is 5.98. The van der Waals surface area contributed by atoms with E-state index in [4.69, 9.17) is 5.11 Å². The molecule has 5 nitrogen and oxygen atoms in total. The number of carboxylic acids is 1. The topological polar surface area (TPSA) is 67.5 Å². The molecule has 1 aromatic carbocycles. The molecule has 0 atom stereocenters. The summed E-state index contributed by atoms with van der Waals surface area (Å²) >= 11 is 1.46. The van der Waals surface area contributed by atoms with E-state index in [1.807, 2.05) is 35.0 Å². The van der Waals surface area contributed by atoms with Crippen molar-refractivity contribution in [2.24, 2.45) is 0 Å². The number of carboxylic acid groups (broad SMARTS) is 1. The van der Waals surface area contributed by atoms with Crippen molar-refractivity contribution < 1.29 is 9.90 Å². The van der Waals surface area contributed by atoms with Crippen molar-refractivity contribution in [2.75, 3.05) is 0 Å². The number of fused-ring (bicyclic) bond motifs is 1. The van der Waals surface area contributed by atoms with E-state index in [9.17, 15) is 4.79 Å². The van der Waals surface area contributed by atoms with Crippen LogP contribution in [0.5, 0.6) is 0 Å². The van der Waals surface area contributed by atoms with E-state index in [0.29, 0.717) is 17.1 Å². The van der Waals surface area contributed by atoms with E-state index < -0.39 is 5.97 Å². The summed E-state index contributed by atoms with van der Waals surface area (Å²) in [5, 5.41) is 9.13. The highest BCUT2D eigenvalue weighted by Crippen LogP contribution is 2.26. The van der Waals surface area contributed by atoms with Gasteiger partial charge in [0, 0.05) is 29.2 Å². The van der Waals surface area contributed by atoms with E-state index in [-0.39, 0.29) is 0 Å². The van der Waals surface area contributed by atoms with Gasteiger partial charge in [0.15, 0.2) is 0 Å². The summed E-state index contributed by atoms with van der Waals surface area (Å²) in [5.74, 6) is 0.340. The summed E-state index contributed by atoms with van der Waals surface area (Å²) < 4.78 is 1.85. The molecule has 0 aliphatic carbocycles. The summed E-state index contributed by atoms with van der Waals surface area (Å²) in [5.41, 5.74) is 1.19. The van der Waals surface area contributed by atoms with Gasteiger partial charge in [0.2, 0.25) is 5.78 Å². The van der Waals surface area contributed by atoms with E-state index in [2.05, 4.69) is 9.97 Å². The van der Waals surface area contributed by atoms with Crippen molar-refractivity contribution in [3.05, 3.63) is 60.2 Å². The van der Waals surface area contributed by atoms with Gasteiger partial charge >= 0.3 is 5.97 Å². The maximum atomic E-state index is 11.1. The molecule has 3 rings (SSSR count). The Morgan fingerprint density at radius 2 is 2.15 bits per heavy atom. The van der Waals surface area contributed by atoms with Crippen molar-refractivity contribution >= 4 is 23.5 Å². The molecule has 0 saturated carbocycles. The van der Waals surface area contributed by atoms with Crippen LogP contribution >= 0.6 is 11.8 Å². The van der Waals surface area contributed by atoms with Crippen LogP contribution in [0.15, 0.2) is 53.8 Å². The normalized spacial score (nSPS) is 10.8. The van der Waals surface area contributed by atoms with Crippen molar-refractivity contribution in [1.82, 2.24) is 14.4 Å². The predicted octanol–water partition coefficient (Wildman–Crippen LogP) is 2.72. The number of thioether (sulfide) groups is 1. The average molecular weight is 285 g/mol. The molecule has 0 amide bonds. The molecule has 0 saturated heterocycles. The molecule has 2 heterocycles. The van der Waals surface area contributed by atoms with Gasteiger partial charge in [-0.3, -0.25) is 4.40 Å². The first kappa shape index (κ1) is 12.7. The molecule has 0 bridgehead atoms. The Morgan fingerprint density at radius 1 is 1.30 bits per heavy atom. The fourth-order valence-electron chi connectivity index (χ4n) is 1.87. The highest BCUT2D eigenvalue weighted by Gasteiger charge is 2.10. The Labute approximate surface area is 119 Å². The molecule has 20 heavy (non-hydrogen) atoms. The van der Waals surface area contributed by atoms with Gasteiger partial charge in [0.1, 0.15) is 0 Å². The molecule has 0 aliphatic heterocycles. The van der Waals surface area contributed by atoms with Crippen LogP contribution in [0.4, 0.5) is 0 Å². The van der Waals surface area contributed by atoms with Crippen LogP contribution in [0.3, 0.4) is 0 Å². The second kappa shape index (κ2) is 5.34. The predicted molar refractivity (Wildman–Crippen MR) is 75.9 cm³/mol. The number of imidazole rings is 1. The molecule has 100 valence electrons. The number of benzene rings is 1. The van der Waals surface area contributed by atoms with Crippen LogP contribution in [0, 0.1) is 0 Å². The monoisotopic (exact) mass is 285 g/mol. The lowest BCUT2D eigenvalue weighted by atomic mass is 10.2. The third kappa shape index (κ3) is 2.50. The first-order valence-corrected chi connectivity index (χ1v) is 6.96. The van der Waals surface area contributed by atoms with Gasteiger partial charge in [-0.05, 0) is 18.2 Å². The van der Waals surface area contributed by atoms with Crippen molar-refractivity contribution in [2.45, 2.75) is 10.6 Å². The van der Waals surface area contributed by atoms with Gasteiger partial charge in [0.05, 0.1) is 11.3 Å². The van der Waals surface area contributed by atoms with Gasteiger partial charge in [-0.25, -0.2) is 14.8 Å². The average Bonchev–Trinajstić information content (AvgIpc) is 2.88. The third-order valence-electron chi connectivity index (χ3n) is 2.78. The molecule has 0 fully saturated rings. The molecular weight excluding hydrogens is 274 g/mol. The number of rotatable bonds is 4. The number of carbonyl (C=O) groups is 1. The summed E-state index contributed by atoms with van der Waals surface area (Å²) in [6.45, 7) is 0. The quantitative estimate of drug-likeness (QED) is 0.746. The summed E-state index contributed by atoms with van der Waals surface area (Å²) in [7, 11) is 0. The fourth-order valence-corrected chi connectivity index (χ4v) is 2.80. The number of hydrogen-bond donors (Lipinski definition) is 1. The number of aromatic nitrogens is 3. The van der Waals surface area contributed by atoms with Crippen molar-refractivity contribution in [1.29, 1.82) is 0 Å². The Morgan fingerprint density at radius 3 is 2.95 bits per heavy atom. The molecule has 6 heteroatoms. The Balaban J connectivity index is 1.81. The van der Waals surface area contributed by atoms with Crippen LogP contribution in [-0.2, 0) is 5.75 Å².